The van der Waals surface area contributed by atoms with E-state index in [2.05, 4.69) is 0 Å². The van der Waals surface area contributed by atoms with Crippen LogP contribution in [0.5, 0.6) is 5.75 Å². The fourth-order valence-electron chi connectivity index (χ4n) is 1.91. The molecule has 1 aromatic carbocycles. The van der Waals surface area contributed by atoms with Crippen LogP contribution in [0.15, 0.2) is 24.3 Å². The summed E-state index contributed by atoms with van der Waals surface area (Å²) >= 11 is 0. The Kier molecular flexibility index (Phi) is 6.03. The number of esters is 1. The Morgan fingerprint density at radius 3 is 2.40 bits per heavy atom. The molecular formula is C15H21NO4. The predicted octanol–water partition coefficient (Wildman–Crippen LogP) is 1.91. The lowest BCUT2D eigenvalue weighted by Crippen LogP contribution is -2.34. The van der Waals surface area contributed by atoms with Crippen molar-refractivity contribution in [3.05, 3.63) is 29.8 Å². The molecule has 0 aliphatic rings. The van der Waals surface area contributed by atoms with E-state index in [4.69, 9.17) is 4.74 Å². The minimum Gasteiger partial charge on any atom is -0.508 e. The predicted molar refractivity (Wildman–Crippen MR) is 75.4 cm³/mol. The van der Waals surface area contributed by atoms with E-state index < -0.39 is 11.9 Å². The van der Waals surface area contributed by atoms with Gasteiger partial charge < -0.3 is 14.7 Å². The summed E-state index contributed by atoms with van der Waals surface area (Å²) < 4.78 is 5.02. The first kappa shape index (κ1) is 16.0. The van der Waals surface area contributed by atoms with E-state index in [1.54, 1.807) is 30.0 Å². The molecule has 0 radical (unpaired) electrons. The highest BCUT2D eigenvalue weighted by Gasteiger charge is 2.21. The van der Waals surface area contributed by atoms with Gasteiger partial charge in [0.1, 0.15) is 5.75 Å². The molecular weight excluding hydrogens is 258 g/mol. The lowest BCUT2D eigenvalue weighted by molar-refractivity contribution is -0.152. The van der Waals surface area contributed by atoms with Gasteiger partial charge in [0.25, 0.3) is 5.91 Å². The van der Waals surface area contributed by atoms with E-state index in [1.165, 1.54) is 6.07 Å². The number of phenols is 1. The van der Waals surface area contributed by atoms with Gasteiger partial charge in [-0.1, -0.05) is 18.2 Å². The second-order valence-electron chi connectivity index (χ2n) is 4.45. The van der Waals surface area contributed by atoms with E-state index in [9.17, 15) is 14.7 Å². The molecule has 0 aromatic heterocycles. The van der Waals surface area contributed by atoms with Crippen molar-refractivity contribution in [3.8, 4) is 5.75 Å². The van der Waals surface area contributed by atoms with Crippen molar-refractivity contribution >= 4 is 11.9 Å². The fraction of sp³-hybridized carbons (Fsp3) is 0.467. The molecule has 0 aliphatic carbocycles. The Balaban J connectivity index is 2.59. The van der Waals surface area contributed by atoms with Gasteiger partial charge in [-0.25, -0.2) is 0 Å². The van der Waals surface area contributed by atoms with Crippen molar-refractivity contribution < 1.29 is 19.4 Å². The Bertz CT molecular complexity index is 469. The highest BCUT2D eigenvalue weighted by Crippen LogP contribution is 2.25. The molecule has 0 bridgehead atoms. The van der Waals surface area contributed by atoms with Gasteiger partial charge in [-0.2, -0.15) is 0 Å². The molecule has 5 heteroatoms. The number of carbonyl (C=O) groups excluding carboxylic acids is 2. The third-order valence-corrected chi connectivity index (χ3v) is 3.21. The fourth-order valence-corrected chi connectivity index (χ4v) is 1.91. The number of ether oxygens (including phenoxy) is 1. The highest BCUT2D eigenvalue weighted by atomic mass is 16.5. The summed E-state index contributed by atoms with van der Waals surface area (Å²) in [4.78, 5) is 25.2. The summed E-state index contributed by atoms with van der Waals surface area (Å²) in [6.07, 6.45) is 0. The zero-order chi connectivity index (χ0) is 15.1. The molecule has 0 aliphatic heterocycles. The van der Waals surface area contributed by atoms with E-state index in [0.29, 0.717) is 18.7 Å². The zero-order valence-corrected chi connectivity index (χ0v) is 12.1. The zero-order valence-electron chi connectivity index (χ0n) is 12.1. The van der Waals surface area contributed by atoms with Crippen LogP contribution in [0.1, 0.15) is 32.3 Å². The van der Waals surface area contributed by atoms with Gasteiger partial charge in [-0.15, -0.1) is 0 Å². The van der Waals surface area contributed by atoms with Crippen LogP contribution in [0.2, 0.25) is 0 Å². The van der Waals surface area contributed by atoms with Crippen LogP contribution >= 0.6 is 0 Å². The second kappa shape index (κ2) is 7.53. The van der Waals surface area contributed by atoms with E-state index in [-0.39, 0.29) is 18.3 Å². The Hall–Kier alpha value is -2.04. The average Bonchev–Trinajstić information content (AvgIpc) is 2.45. The molecule has 20 heavy (non-hydrogen) atoms. The number of hydrogen-bond donors (Lipinski definition) is 1. The average molecular weight is 279 g/mol. The molecule has 0 saturated carbocycles. The number of likely N-dealkylation sites (N-methyl/N-ethyl adjacent to an activating group) is 1. The summed E-state index contributed by atoms with van der Waals surface area (Å²) in [7, 11) is 0. The van der Waals surface area contributed by atoms with Crippen molar-refractivity contribution in [2.24, 2.45) is 0 Å². The van der Waals surface area contributed by atoms with Crippen LogP contribution < -0.4 is 0 Å². The summed E-state index contributed by atoms with van der Waals surface area (Å²) in [5.41, 5.74) is 0.493. The van der Waals surface area contributed by atoms with E-state index in [0.717, 1.165) is 0 Å². The molecule has 0 spiro atoms. The number of carbonyl (C=O) groups is 2. The molecule has 1 amide bonds. The van der Waals surface area contributed by atoms with Crippen LogP contribution in [0.4, 0.5) is 0 Å². The topological polar surface area (TPSA) is 66.8 Å². The number of hydrogen-bond acceptors (Lipinski definition) is 4. The third kappa shape index (κ3) is 3.98. The maximum Gasteiger partial charge on any atom is 0.313 e. The molecule has 0 fully saturated rings. The van der Waals surface area contributed by atoms with E-state index >= 15 is 0 Å². The smallest absolute Gasteiger partial charge is 0.313 e. The number of benzene rings is 1. The van der Waals surface area contributed by atoms with Gasteiger partial charge in [-0.05, 0) is 26.8 Å². The van der Waals surface area contributed by atoms with Gasteiger partial charge in [0.15, 0.2) is 6.61 Å². The summed E-state index contributed by atoms with van der Waals surface area (Å²) in [5, 5.41) is 9.69. The lowest BCUT2D eigenvalue weighted by Gasteiger charge is -2.19. The summed E-state index contributed by atoms with van der Waals surface area (Å²) in [5.74, 6) is -1.30. The molecule has 0 saturated heterocycles. The van der Waals surface area contributed by atoms with Crippen molar-refractivity contribution in [2.45, 2.75) is 26.7 Å². The number of aromatic hydroxyl groups is 1. The van der Waals surface area contributed by atoms with Gasteiger partial charge in [0, 0.05) is 18.7 Å². The molecule has 1 atom stereocenters. The van der Waals surface area contributed by atoms with Crippen LogP contribution in [-0.2, 0) is 14.3 Å². The van der Waals surface area contributed by atoms with Crippen molar-refractivity contribution in [1.29, 1.82) is 0 Å². The van der Waals surface area contributed by atoms with Gasteiger partial charge >= 0.3 is 5.97 Å². The number of para-hydroxylation sites is 1. The minimum atomic E-state index is -0.610. The molecule has 1 N–H and O–H groups in total. The Labute approximate surface area is 119 Å². The minimum absolute atomic E-state index is 0.0482. The summed E-state index contributed by atoms with van der Waals surface area (Å²) in [6.45, 7) is 6.28. The van der Waals surface area contributed by atoms with Crippen LogP contribution in [0.3, 0.4) is 0 Å². The Morgan fingerprint density at radius 2 is 1.85 bits per heavy atom. The monoisotopic (exact) mass is 279 g/mol. The molecule has 1 unspecified atom stereocenters. The standard InChI is InChI=1S/C15H21NO4/c1-4-16(5-2)14(18)10-20-15(19)11(3)12-8-6-7-9-13(12)17/h6-9,11,17H,4-5,10H2,1-3H3. The number of rotatable bonds is 6. The van der Waals surface area contributed by atoms with E-state index in [1.807, 2.05) is 13.8 Å². The molecule has 1 aromatic rings. The third-order valence-electron chi connectivity index (χ3n) is 3.21. The highest BCUT2D eigenvalue weighted by molar-refractivity contribution is 5.83. The SMILES string of the molecule is CCN(CC)C(=O)COC(=O)C(C)c1ccccc1O. The Morgan fingerprint density at radius 1 is 1.25 bits per heavy atom. The maximum absolute atomic E-state index is 11.9. The number of amides is 1. The molecule has 5 nitrogen and oxygen atoms in total. The van der Waals surface area contributed by atoms with Crippen LogP contribution in [0, 0.1) is 0 Å². The maximum atomic E-state index is 11.9. The van der Waals surface area contributed by atoms with Crippen LogP contribution in [0.25, 0.3) is 0 Å². The van der Waals surface area contributed by atoms with Gasteiger partial charge in [-0.3, -0.25) is 9.59 Å². The van der Waals surface area contributed by atoms with Crippen molar-refractivity contribution in [3.63, 3.8) is 0 Å². The number of nitrogens with zero attached hydrogens (tertiary/aromatic N) is 1. The quantitative estimate of drug-likeness (QED) is 0.808. The number of phenolic OH excluding ortho intramolecular Hbond substituents is 1. The first-order valence-electron chi connectivity index (χ1n) is 6.73. The second-order valence-corrected chi connectivity index (χ2v) is 4.45. The van der Waals surface area contributed by atoms with Gasteiger partial charge in [0.2, 0.25) is 0 Å². The first-order chi connectivity index (χ1) is 9.51. The molecule has 110 valence electrons. The lowest BCUT2D eigenvalue weighted by atomic mass is 10.0. The molecule has 1 rings (SSSR count). The van der Waals surface area contributed by atoms with Crippen LogP contribution in [-0.4, -0.2) is 41.6 Å². The van der Waals surface area contributed by atoms with Crippen molar-refractivity contribution in [2.75, 3.05) is 19.7 Å². The largest absolute Gasteiger partial charge is 0.508 e. The van der Waals surface area contributed by atoms with Gasteiger partial charge in [0.05, 0.1) is 5.92 Å². The van der Waals surface area contributed by atoms with Crippen molar-refractivity contribution in [1.82, 2.24) is 4.90 Å². The summed E-state index contributed by atoms with van der Waals surface area (Å²) in [6, 6.07) is 6.59. The molecule has 0 heterocycles. The first-order valence-corrected chi connectivity index (χ1v) is 6.73. The normalized spacial score (nSPS) is 11.8.